The van der Waals surface area contributed by atoms with E-state index in [1.54, 1.807) is 11.3 Å². The number of hydrogen-bond donors (Lipinski definition) is 5. The molecule has 0 bridgehead atoms. The number of anilines is 1. The number of rotatable bonds is 8. The molecule has 0 saturated heterocycles. The van der Waals surface area contributed by atoms with Crippen LogP contribution in [0.4, 0.5) is 5.00 Å². The number of fused-ring (bicyclic) bond motifs is 1. The fourth-order valence-corrected chi connectivity index (χ4v) is 6.19. The van der Waals surface area contributed by atoms with Gasteiger partial charge >= 0.3 is 0 Å². The molecule has 1 aromatic rings. The van der Waals surface area contributed by atoms with Gasteiger partial charge in [0.15, 0.2) is 0 Å². The SMILES string of the molecule is NC(=O)C1CC=CN(C2CCc3sc(NC(=O)C4CC4)c(C(O)NCC4CC4)c3C2)C1N. The van der Waals surface area contributed by atoms with Gasteiger partial charge in [-0.25, -0.2) is 0 Å². The minimum Gasteiger partial charge on any atom is -0.374 e. The molecule has 4 unspecified atom stereocenters. The second kappa shape index (κ2) is 8.78. The largest absolute Gasteiger partial charge is 0.374 e. The van der Waals surface area contributed by atoms with Crippen LogP contribution in [0.15, 0.2) is 12.3 Å². The van der Waals surface area contributed by atoms with E-state index < -0.39 is 18.3 Å². The van der Waals surface area contributed by atoms with Gasteiger partial charge in [-0.15, -0.1) is 11.3 Å². The van der Waals surface area contributed by atoms with Gasteiger partial charge in [0.05, 0.1) is 12.1 Å². The van der Waals surface area contributed by atoms with Crippen molar-refractivity contribution in [1.82, 2.24) is 10.2 Å². The Bertz CT molecular complexity index is 923. The maximum atomic E-state index is 12.5. The highest BCUT2D eigenvalue weighted by molar-refractivity contribution is 7.16. The van der Waals surface area contributed by atoms with Crippen molar-refractivity contribution < 1.29 is 14.7 Å². The van der Waals surface area contributed by atoms with Crippen LogP contribution < -0.4 is 22.1 Å². The molecule has 0 aromatic carbocycles. The van der Waals surface area contributed by atoms with Gasteiger partial charge in [-0.1, -0.05) is 6.08 Å². The Morgan fingerprint density at radius 2 is 2.03 bits per heavy atom. The smallest absolute Gasteiger partial charge is 0.228 e. The molecule has 4 atom stereocenters. The number of carbonyl (C=O) groups is 2. The Labute approximate surface area is 192 Å². The van der Waals surface area contributed by atoms with Crippen LogP contribution in [-0.4, -0.2) is 40.6 Å². The monoisotopic (exact) mass is 459 g/mol. The van der Waals surface area contributed by atoms with E-state index in [1.165, 1.54) is 17.7 Å². The normalized spacial score (nSPS) is 28.3. The summed E-state index contributed by atoms with van der Waals surface area (Å²) in [6.07, 6.45) is 10.0. The van der Waals surface area contributed by atoms with Gasteiger partial charge in [-0.2, -0.15) is 0 Å². The fourth-order valence-electron chi connectivity index (χ4n) is 4.91. The van der Waals surface area contributed by atoms with Crippen LogP contribution in [0.3, 0.4) is 0 Å². The first-order valence-electron chi connectivity index (χ1n) is 11.8. The molecule has 0 radical (unpaired) electrons. The third-order valence-electron chi connectivity index (χ3n) is 7.24. The molecule has 2 heterocycles. The van der Waals surface area contributed by atoms with Gasteiger partial charge < -0.3 is 26.8 Å². The van der Waals surface area contributed by atoms with Gasteiger partial charge in [0.2, 0.25) is 11.8 Å². The van der Waals surface area contributed by atoms with E-state index in [2.05, 4.69) is 15.5 Å². The summed E-state index contributed by atoms with van der Waals surface area (Å²) in [7, 11) is 0. The van der Waals surface area contributed by atoms with Crippen LogP contribution in [0.1, 0.15) is 60.8 Å². The van der Waals surface area contributed by atoms with Gasteiger partial charge in [-0.3, -0.25) is 14.9 Å². The molecule has 1 aromatic heterocycles. The molecule has 3 aliphatic carbocycles. The van der Waals surface area contributed by atoms with E-state index in [1.807, 2.05) is 12.3 Å². The molecule has 4 aliphatic rings. The van der Waals surface area contributed by atoms with Crippen LogP contribution in [-0.2, 0) is 22.4 Å². The summed E-state index contributed by atoms with van der Waals surface area (Å²) >= 11 is 1.59. The zero-order valence-corrected chi connectivity index (χ0v) is 19.1. The number of primary amides is 1. The molecule has 9 heteroatoms. The average molecular weight is 460 g/mol. The lowest BCUT2D eigenvalue weighted by molar-refractivity contribution is -0.124. The van der Waals surface area contributed by atoms with Crippen LogP contribution in [0, 0.1) is 17.8 Å². The number of nitrogens with zero attached hydrogens (tertiary/aromatic N) is 1. The number of aryl methyl sites for hydroxylation is 1. The Morgan fingerprint density at radius 3 is 2.72 bits per heavy atom. The van der Waals surface area contributed by atoms with Crippen molar-refractivity contribution in [3.63, 3.8) is 0 Å². The van der Waals surface area contributed by atoms with Crippen molar-refractivity contribution in [2.24, 2.45) is 29.2 Å². The molecule has 2 amide bonds. The van der Waals surface area contributed by atoms with E-state index >= 15 is 0 Å². The molecular weight excluding hydrogens is 426 g/mol. The van der Waals surface area contributed by atoms with Gasteiger partial charge in [0.25, 0.3) is 0 Å². The van der Waals surface area contributed by atoms with Gasteiger partial charge in [-0.05, 0) is 69.0 Å². The van der Waals surface area contributed by atoms with Crippen molar-refractivity contribution in [3.05, 3.63) is 28.3 Å². The Balaban J connectivity index is 1.39. The summed E-state index contributed by atoms with van der Waals surface area (Å²) in [4.78, 5) is 27.6. The van der Waals surface area contributed by atoms with Gasteiger partial charge in [0.1, 0.15) is 11.2 Å². The van der Waals surface area contributed by atoms with Crippen molar-refractivity contribution in [3.8, 4) is 0 Å². The number of allylic oxidation sites excluding steroid dienone is 1. The standard InChI is InChI=1S/C23H33N5O3S/c24-19-15(20(25)29)2-1-9-28(19)14-7-8-17-16(10-14)18(22(31)26-11-12-3-4-12)23(32-17)27-21(30)13-5-6-13/h1,9,12-15,19,22,26,31H,2-8,10-11,24H2,(H2,25,29)(H,27,30). The van der Waals surface area contributed by atoms with Crippen LogP contribution in [0.25, 0.3) is 0 Å². The number of amides is 2. The molecular formula is C23H33N5O3S. The zero-order valence-electron chi connectivity index (χ0n) is 18.3. The molecule has 8 nitrogen and oxygen atoms in total. The first-order valence-corrected chi connectivity index (χ1v) is 12.6. The summed E-state index contributed by atoms with van der Waals surface area (Å²) in [5.74, 6) is 0.0278. The molecule has 7 N–H and O–H groups in total. The summed E-state index contributed by atoms with van der Waals surface area (Å²) in [5.41, 5.74) is 13.9. The van der Waals surface area contributed by atoms with E-state index in [0.29, 0.717) is 18.8 Å². The molecule has 5 rings (SSSR count). The first kappa shape index (κ1) is 21.9. The molecule has 174 valence electrons. The van der Waals surface area contributed by atoms with E-state index in [9.17, 15) is 14.7 Å². The molecule has 1 aliphatic heterocycles. The molecule has 32 heavy (non-hydrogen) atoms. The predicted octanol–water partition coefficient (Wildman–Crippen LogP) is 1.55. The second-order valence-electron chi connectivity index (χ2n) is 9.73. The predicted molar refractivity (Wildman–Crippen MR) is 123 cm³/mol. The van der Waals surface area contributed by atoms with Crippen molar-refractivity contribution in [2.75, 3.05) is 11.9 Å². The van der Waals surface area contributed by atoms with Crippen molar-refractivity contribution in [1.29, 1.82) is 0 Å². The van der Waals surface area contributed by atoms with Gasteiger partial charge in [0, 0.05) is 28.9 Å². The van der Waals surface area contributed by atoms with E-state index in [-0.39, 0.29) is 23.8 Å². The highest BCUT2D eigenvalue weighted by atomic mass is 32.1. The van der Waals surface area contributed by atoms with E-state index in [0.717, 1.165) is 48.4 Å². The Kier molecular flexibility index (Phi) is 6.00. The van der Waals surface area contributed by atoms with E-state index in [4.69, 9.17) is 11.5 Å². The topological polar surface area (TPSA) is 134 Å². The number of hydrogen-bond acceptors (Lipinski definition) is 7. The highest BCUT2D eigenvalue weighted by Crippen LogP contribution is 2.43. The summed E-state index contributed by atoms with van der Waals surface area (Å²) in [6.45, 7) is 0.783. The third-order valence-corrected chi connectivity index (χ3v) is 8.47. The summed E-state index contributed by atoms with van der Waals surface area (Å²) in [6, 6.07) is 0.117. The summed E-state index contributed by atoms with van der Waals surface area (Å²) in [5, 5.41) is 18.2. The number of aliphatic hydroxyl groups excluding tert-OH is 1. The molecule has 2 fully saturated rings. The molecule has 2 saturated carbocycles. The van der Waals surface area contributed by atoms with Crippen LogP contribution in [0.2, 0.25) is 0 Å². The van der Waals surface area contributed by atoms with Crippen LogP contribution in [0.5, 0.6) is 0 Å². The number of nitrogens with two attached hydrogens (primary N) is 2. The maximum absolute atomic E-state index is 12.5. The average Bonchev–Trinajstić information content (AvgIpc) is 3.68. The van der Waals surface area contributed by atoms with Crippen molar-refractivity contribution in [2.45, 2.75) is 69.8 Å². The Hall–Kier alpha value is -1.94. The highest BCUT2D eigenvalue weighted by Gasteiger charge is 2.38. The number of nitrogens with one attached hydrogen (secondary N) is 2. The van der Waals surface area contributed by atoms with Crippen LogP contribution >= 0.6 is 11.3 Å². The minimum atomic E-state index is -0.812. The molecule has 0 spiro atoms. The zero-order chi connectivity index (χ0) is 22.4. The fraction of sp³-hybridized carbons (Fsp3) is 0.652. The lowest BCUT2D eigenvalue weighted by Gasteiger charge is -2.42. The number of thiophene rings is 1. The quantitative estimate of drug-likeness (QED) is 0.375. The lowest BCUT2D eigenvalue weighted by atomic mass is 9.87. The Morgan fingerprint density at radius 1 is 1.25 bits per heavy atom. The number of aliphatic hydroxyl groups is 1. The minimum absolute atomic E-state index is 0.0566. The summed E-state index contributed by atoms with van der Waals surface area (Å²) < 4.78 is 0. The lowest BCUT2D eigenvalue weighted by Crippen LogP contribution is -2.55. The second-order valence-corrected chi connectivity index (χ2v) is 10.8. The maximum Gasteiger partial charge on any atom is 0.228 e. The third kappa shape index (κ3) is 4.44. The first-order chi connectivity index (χ1) is 15.4. The van der Waals surface area contributed by atoms with Crippen molar-refractivity contribution >= 4 is 28.2 Å². The number of carbonyl (C=O) groups excluding carboxylic acids is 2.